The van der Waals surface area contributed by atoms with Crippen LogP contribution in [0.25, 0.3) is 11.0 Å². The molecular formula is C16H22ClN3O4. The van der Waals surface area contributed by atoms with Crippen LogP contribution in [0.4, 0.5) is 0 Å². The van der Waals surface area contributed by atoms with Crippen LogP contribution in [-0.4, -0.2) is 40.7 Å². The van der Waals surface area contributed by atoms with Crippen molar-refractivity contribution >= 4 is 35.4 Å². The first-order valence-electron chi connectivity index (χ1n) is 7.58. The molecule has 0 radical (unpaired) electrons. The lowest BCUT2D eigenvalue weighted by molar-refractivity contribution is 0.0508. The minimum Gasteiger partial charge on any atom is -0.461 e. The first kappa shape index (κ1) is 19.9. The van der Waals surface area contributed by atoms with Crippen LogP contribution in [0.5, 0.6) is 0 Å². The first-order valence-corrected chi connectivity index (χ1v) is 7.58. The van der Waals surface area contributed by atoms with Gasteiger partial charge in [0.05, 0.1) is 13.2 Å². The molecule has 2 aromatic heterocycles. The van der Waals surface area contributed by atoms with Crippen LogP contribution >= 0.6 is 12.4 Å². The summed E-state index contributed by atoms with van der Waals surface area (Å²) in [7, 11) is 0. The van der Waals surface area contributed by atoms with Gasteiger partial charge in [-0.3, -0.25) is 0 Å². The molecule has 0 spiro atoms. The van der Waals surface area contributed by atoms with Gasteiger partial charge in [0.15, 0.2) is 5.69 Å². The van der Waals surface area contributed by atoms with Crippen LogP contribution in [0.2, 0.25) is 0 Å². The Kier molecular flexibility index (Phi) is 7.18. The van der Waals surface area contributed by atoms with E-state index >= 15 is 0 Å². The monoisotopic (exact) mass is 355 g/mol. The van der Waals surface area contributed by atoms with Crippen molar-refractivity contribution in [2.24, 2.45) is 5.73 Å². The van der Waals surface area contributed by atoms with Crippen molar-refractivity contribution < 1.29 is 19.1 Å². The fourth-order valence-corrected chi connectivity index (χ4v) is 2.29. The van der Waals surface area contributed by atoms with Crippen molar-refractivity contribution in [2.45, 2.75) is 33.4 Å². The fraction of sp³-hybridized carbons (Fsp3) is 0.438. The minimum absolute atomic E-state index is 0. The highest BCUT2D eigenvalue weighted by Gasteiger charge is 2.20. The number of nitrogens with two attached hydrogens (primary N) is 1. The molecule has 2 aromatic rings. The van der Waals surface area contributed by atoms with Gasteiger partial charge in [-0.2, -0.15) is 0 Å². The van der Waals surface area contributed by atoms with E-state index < -0.39 is 11.9 Å². The van der Waals surface area contributed by atoms with Gasteiger partial charge < -0.3 is 19.8 Å². The summed E-state index contributed by atoms with van der Waals surface area (Å²) < 4.78 is 11.7. The lowest BCUT2D eigenvalue weighted by Crippen LogP contribution is -2.25. The van der Waals surface area contributed by atoms with Crippen LogP contribution in [0.3, 0.4) is 0 Å². The van der Waals surface area contributed by atoms with E-state index in [1.54, 1.807) is 36.6 Å². The van der Waals surface area contributed by atoms with E-state index in [-0.39, 0.29) is 37.4 Å². The smallest absolute Gasteiger partial charge is 0.356 e. The molecule has 1 unspecified atom stereocenters. The van der Waals surface area contributed by atoms with E-state index in [1.165, 1.54) is 0 Å². The first-order chi connectivity index (χ1) is 11.0. The number of hydrogen-bond acceptors (Lipinski definition) is 6. The summed E-state index contributed by atoms with van der Waals surface area (Å²) in [5.74, 6) is -0.940. The molecule has 0 amide bonds. The number of ether oxygens (including phenoxy) is 2. The Morgan fingerprint density at radius 3 is 2.42 bits per heavy atom. The molecule has 0 aliphatic heterocycles. The third-order valence-corrected chi connectivity index (χ3v) is 3.18. The van der Waals surface area contributed by atoms with Gasteiger partial charge in [-0.25, -0.2) is 14.6 Å². The molecule has 0 aromatic carbocycles. The lowest BCUT2D eigenvalue weighted by atomic mass is 10.3. The molecule has 0 saturated heterocycles. The summed E-state index contributed by atoms with van der Waals surface area (Å²) in [5, 5.41) is 0.738. The number of pyridine rings is 1. The number of carbonyl (C=O) groups is 2. The Morgan fingerprint density at radius 1 is 1.21 bits per heavy atom. The van der Waals surface area contributed by atoms with Crippen LogP contribution in [0.1, 0.15) is 41.7 Å². The van der Waals surface area contributed by atoms with Crippen molar-refractivity contribution in [3.05, 3.63) is 29.6 Å². The number of hydrogen-bond donors (Lipinski definition) is 1. The Bertz CT molecular complexity index is 727. The number of fused-ring (bicyclic) bond motifs is 1. The highest BCUT2D eigenvalue weighted by atomic mass is 35.5. The van der Waals surface area contributed by atoms with Crippen LogP contribution in [-0.2, 0) is 16.0 Å². The highest BCUT2D eigenvalue weighted by Crippen LogP contribution is 2.20. The predicted molar refractivity (Wildman–Crippen MR) is 92.5 cm³/mol. The zero-order valence-electron chi connectivity index (χ0n) is 13.9. The van der Waals surface area contributed by atoms with E-state index in [4.69, 9.17) is 15.2 Å². The molecule has 2 N–H and O–H groups in total. The number of rotatable bonds is 6. The molecule has 1 atom stereocenters. The maximum atomic E-state index is 12.1. The maximum absolute atomic E-state index is 12.1. The van der Waals surface area contributed by atoms with Gasteiger partial charge in [0.2, 0.25) is 0 Å². The molecule has 24 heavy (non-hydrogen) atoms. The third-order valence-electron chi connectivity index (χ3n) is 3.18. The molecule has 0 bridgehead atoms. The number of carbonyl (C=O) groups excluding carboxylic acids is 2. The molecule has 2 heterocycles. The van der Waals surface area contributed by atoms with Crippen molar-refractivity contribution in [1.29, 1.82) is 0 Å². The largest absolute Gasteiger partial charge is 0.461 e. The zero-order valence-corrected chi connectivity index (χ0v) is 14.8. The topological polar surface area (TPSA) is 96.4 Å². The van der Waals surface area contributed by atoms with E-state index in [0.717, 1.165) is 5.39 Å². The Balaban J connectivity index is 0.00000288. The van der Waals surface area contributed by atoms with Gasteiger partial charge >= 0.3 is 11.9 Å². The van der Waals surface area contributed by atoms with E-state index in [9.17, 15) is 9.59 Å². The number of aromatic nitrogens is 2. The Morgan fingerprint density at radius 2 is 1.83 bits per heavy atom. The molecule has 2 rings (SSSR count). The van der Waals surface area contributed by atoms with Gasteiger partial charge in [0.1, 0.15) is 11.3 Å². The van der Waals surface area contributed by atoms with Crippen LogP contribution in [0.15, 0.2) is 18.2 Å². The van der Waals surface area contributed by atoms with Crippen LogP contribution in [0, 0.1) is 0 Å². The summed E-state index contributed by atoms with van der Waals surface area (Å²) in [6, 6.07) is 4.81. The van der Waals surface area contributed by atoms with Gasteiger partial charge in [-0.1, -0.05) is 0 Å². The molecular weight excluding hydrogens is 334 g/mol. The Labute approximate surface area is 146 Å². The average molecular weight is 356 g/mol. The molecule has 132 valence electrons. The molecule has 8 heteroatoms. The number of halogens is 1. The number of esters is 2. The summed E-state index contributed by atoms with van der Waals surface area (Å²) in [6.07, 6.45) is 0. The minimum atomic E-state index is -0.499. The molecule has 7 nitrogen and oxygen atoms in total. The maximum Gasteiger partial charge on any atom is 0.356 e. The van der Waals surface area contributed by atoms with Gasteiger partial charge in [0.25, 0.3) is 0 Å². The summed E-state index contributed by atoms with van der Waals surface area (Å²) >= 11 is 0. The standard InChI is InChI=1S/C16H21N3O4.ClH/c1-4-22-15(20)12-7-6-11-8-13(16(21)23-5-2)19(9-10(3)17)14(11)18-12;/h6-8,10H,4-5,9,17H2,1-3H3;1H. The van der Waals surface area contributed by atoms with Crippen molar-refractivity contribution in [3.63, 3.8) is 0 Å². The van der Waals surface area contributed by atoms with E-state index in [1.807, 2.05) is 6.92 Å². The highest BCUT2D eigenvalue weighted by molar-refractivity contribution is 5.96. The second kappa shape index (κ2) is 8.65. The second-order valence-electron chi connectivity index (χ2n) is 5.17. The van der Waals surface area contributed by atoms with Crippen molar-refractivity contribution in [2.75, 3.05) is 13.2 Å². The lowest BCUT2D eigenvalue weighted by Gasteiger charge is -2.12. The predicted octanol–water partition coefficient (Wildman–Crippen LogP) is 2.16. The SMILES string of the molecule is CCOC(=O)c1ccc2cc(C(=O)OCC)n(CC(C)N)c2n1.Cl. The fourth-order valence-electron chi connectivity index (χ4n) is 2.29. The van der Waals surface area contributed by atoms with Gasteiger partial charge in [0, 0.05) is 18.0 Å². The molecule has 0 fully saturated rings. The van der Waals surface area contributed by atoms with Crippen molar-refractivity contribution in [3.8, 4) is 0 Å². The average Bonchev–Trinajstić information content (AvgIpc) is 2.85. The normalized spacial score (nSPS) is 11.7. The molecule has 0 saturated carbocycles. The third kappa shape index (κ3) is 4.24. The Hall–Kier alpha value is -2.12. The van der Waals surface area contributed by atoms with Gasteiger partial charge in [-0.05, 0) is 39.0 Å². The summed E-state index contributed by atoms with van der Waals surface area (Å²) in [6.45, 7) is 6.24. The zero-order chi connectivity index (χ0) is 17.0. The second-order valence-corrected chi connectivity index (χ2v) is 5.17. The molecule has 0 aliphatic rings. The van der Waals surface area contributed by atoms with Gasteiger partial charge in [-0.15, -0.1) is 12.4 Å². The van der Waals surface area contributed by atoms with Crippen molar-refractivity contribution in [1.82, 2.24) is 9.55 Å². The van der Waals surface area contributed by atoms with E-state index in [2.05, 4.69) is 4.98 Å². The van der Waals surface area contributed by atoms with E-state index in [0.29, 0.717) is 17.9 Å². The molecule has 0 aliphatic carbocycles. The van der Waals surface area contributed by atoms with Crippen LogP contribution < -0.4 is 5.73 Å². The summed E-state index contributed by atoms with van der Waals surface area (Å²) in [4.78, 5) is 28.3. The quantitative estimate of drug-likeness (QED) is 0.797. The number of nitrogens with zero attached hydrogens (tertiary/aromatic N) is 2. The summed E-state index contributed by atoms with van der Waals surface area (Å²) in [5.41, 5.74) is 6.94.